The number of ether oxygens (including phenoxy) is 6. The molecule has 184 valence electrons. The molecule has 2 N–H and O–H groups in total. The average molecular weight is 485 g/mol. The highest BCUT2D eigenvalue weighted by Crippen LogP contribution is 2.29. The van der Waals surface area contributed by atoms with E-state index in [1.54, 1.807) is 0 Å². The van der Waals surface area contributed by atoms with Crippen LogP contribution in [0.25, 0.3) is 0 Å². The summed E-state index contributed by atoms with van der Waals surface area (Å²) >= 11 is 6.21. The summed E-state index contributed by atoms with van der Waals surface area (Å²) in [7, 11) is 0. The molecule has 0 radical (unpaired) electrons. The molecule has 1 aliphatic heterocycles. The Labute approximate surface area is 190 Å². The van der Waals surface area contributed by atoms with Gasteiger partial charge in [-0.05, 0) is 13.8 Å². The molecule has 0 bridgehead atoms. The van der Waals surface area contributed by atoms with E-state index in [4.69, 9.17) is 40.0 Å². The minimum absolute atomic E-state index is 0.0338. The molecule has 1 saturated heterocycles. The molecule has 1 heterocycles. The number of carbonyl (C=O) groups excluding carboxylic acids is 4. The molecule has 0 amide bonds. The van der Waals surface area contributed by atoms with Gasteiger partial charge in [-0.3, -0.25) is 9.59 Å². The van der Waals surface area contributed by atoms with Crippen molar-refractivity contribution in [1.29, 1.82) is 0 Å². The number of esters is 4. The van der Waals surface area contributed by atoms with Crippen LogP contribution in [0.2, 0.25) is 0 Å². The monoisotopic (exact) mass is 484 g/mol. The van der Waals surface area contributed by atoms with E-state index < -0.39 is 79.1 Å². The SMILES string of the molecule is CCOC(=O)C(Cl)(CCOC1O[C@H](CO)[C@@H](O)[C@H](OC(C)=O)[C@H]1OC(C)=O)C(=O)OCC. The van der Waals surface area contributed by atoms with Gasteiger partial charge in [0.15, 0.2) is 18.5 Å². The Balaban J connectivity index is 3.05. The lowest BCUT2D eigenvalue weighted by Gasteiger charge is -2.42. The first-order valence-electron chi connectivity index (χ1n) is 9.95. The lowest BCUT2D eigenvalue weighted by molar-refractivity contribution is -0.306. The normalized spacial score (nSPS) is 25.5. The lowest BCUT2D eigenvalue weighted by Crippen LogP contribution is -2.61. The van der Waals surface area contributed by atoms with E-state index in [9.17, 15) is 29.4 Å². The van der Waals surface area contributed by atoms with Crippen LogP contribution in [0.5, 0.6) is 0 Å². The van der Waals surface area contributed by atoms with E-state index in [-0.39, 0.29) is 13.2 Å². The zero-order chi connectivity index (χ0) is 24.5. The van der Waals surface area contributed by atoms with E-state index in [0.717, 1.165) is 13.8 Å². The number of aliphatic hydroxyl groups excluding tert-OH is 2. The summed E-state index contributed by atoms with van der Waals surface area (Å²) in [5, 5.41) is 19.8. The van der Waals surface area contributed by atoms with Gasteiger partial charge in [0.2, 0.25) is 4.87 Å². The fourth-order valence-electron chi connectivity index (χ4n) is 2.91. The molecule has 0 aliphatic carbocycles. The quantitative estimate of drug-likeness (QED) is 0.166. The van der Waals surface area contributed by atoms with E-state index in [1.807, 2.05) is 0 Å². The molecule has 0 aromatic rings. The van der Waals surface area contributed by atoms with Gasteiger partial charge in [0.25, 0.3) is 0 Å². The number of hydrogen-bond acceptors (Lipinski definition) is 12. The molecule has 1 rings (SSSR count). The van der Waals surface area contributed by atoms with E-state index in [0.29, 0.717) is 0 Å². The molecule has 0 aromatic heterocycles. The molecule has 0 aromatic carbocycles. The number of carbonyl (C=O) groups is 4. The van der Waals surface area contributed by atoms with Crippen molar-refractivity contribution in [2.45, 2.75) is 69.7 Å². The second-order valence-electron chi connectivity index (χ2n) is 6.73. The number of halogens is 1. The topological polar surface area (TPSA) is 164 Å². The molecule has 12 nitrogen and oxygen atoms in total. The summed E-state index contributed by atoms with van der Waals surface area (Å²) in [6.07, 6.45) is -7.45. The highest BCUT2D eigenvalue weighted by atomic mass is 35.5. The van der Waals surface area contributed by atoms with Gasteiger partial charge in [-0.2, -0.15) is 0 Å². The van der Waals surface area contributed by atoms with Crippen LogP contribution in [-0.2, 0) is 47.6 Å². The lowest BCUT2D eigenvalue weighted by atomic mass is 9.98. The molecule has 1 aliphatic rings. The summed E-state index contributed by atoms with van der Waals surface area (Å²) in [6, 6.07) is 0. The molecule has 1 unspecified atom stereocenters. The van der Waals surface area contributed by atoms with Crippen molar-refractivity contribution in [2.24, 2.45) is 0 Å². The average Bonchev–Trinajstić information content (AvgIpc) is 2.71. The van der Waals surface area contributed by atoms with E-state index >= 15 is 0 Å². The van der Waals surface area contributed by atoms with Gasteiger partial charge in [0, 0.05) is 20.3 Å². The molecular weight excluding hydrogens is 456 g/mol. The maximum atomic E-state index is 12.3. The van der Waals surface area contributed by atoms with E-state index in [1.165, 1.54) is 13.8 Å². The highest BCUT2D eigenvalue weighted by Gasteiger charge is 2.51. The smallest absolute Gasteiger partial charge is 0.338 e. The van der Waals surface area contributed by atoms with Crippen LogP contribution in [-0.4, -0.2) is 96.1 Å². The van der Waals surface area contributed by atoms with Crippen LogP contribution >= 0.6 is 11.6 Å². The largest absolute Gasteiger partial charge is 0.464 e. The highest BCUT2D eigenvalue weighted by molar-refractivity contribution is 6.44. The van der Waals surface area contributed by atoms with Crippen molar-refractivity contribution in [3.8, 4) is 0 Å². The van der Waals surface area contributed by atoms with Gasteiger partial charge >= 0.3 is 23.9 Å². The summed E-state index contributed by atoms with van der Waals surface area (Å²) in [6.45, 7) is 4.09. The van der Waals surface area contributed by atoms with Crippen molar-refractivity contribution < 1.29 is 57.8 Å². The van der Waals surface area contributed by atoms with Crippen LogP contribution < -0.4 is 0 Å². The molecule has 0 spiro atoms. The van der Waals surface area contributed by atoms with Crippen LogP contribution in [0.4, 0.5) is 0 Å². The minimum atomic E-state index is -2.21. The second-order valence-corrected chi connectivity index (χ2v) is 7.37. The van der Waals surface area contributed by atoms with Gasteiger partial charge in [0.1, 0.15) is 12.2 Å². The third-order valence-electron chi connectivity index (χ3n) is 4.33. The molecule has 5 atom stereocenters. The van der Waals surface area contributed by atoms with Gasteiger partial charge < -0.3 is 38.6 Å². The zero-order valence-corrected chi connectivity index (χ0v) is 19.0. The Hall–Kier alpha value is -1.99. The zero-order valence-electron chi connectivity index (χ0n) is 18.3. The second kappa shape index (κ2) is 12.9. The fraction of sp³-hybridized carbons (Fsp3) is 0.789. The molecule has 0 saturated carbocycles. The molecular formula is C19H29ClO12. The molecule has 13 heteroatoms. The summed E-state index contributed by atoms with van der Waals surface area (Å²) in [5.41, 5.74) is 0. The van der Waals surface area contributed by atoms with Crippen LogP contribution in [0.15, 0.2) is 0 Å². The van der Waals surface area contributed by atoms with Crippen LogP contribution in [0, 0.1) is 0 Å². The summed E-state index contributed by atoms with van der Waals surface area (Å²) < 4.78 is 30.8. The predicted octanol–water partition coefficient (Wildman–Crippen LogP) is -0.562. The minimum Gasteiger partial charge on any atom is -0.464 e. The number of rotatable bonds is 11. The Morgan fingerprint density at radius 2 is 1.47 bits per heavy atom. The third kappa shape index (κ3) is 7.27. The van der Waals surface area contributed by atoms with Gasteiger partial charge in [-0.1, -0.05) is 11.6 Å². The van der Waals surface area contributed by atoms with Gasteiger partial charge in [0.05, 0.1) is 26.4 Å². The Bertz CT molecular complexity index is 651. The number of hydrogen-bond donors (Lipinski definition) is 2. The first-order chi connectivity index (χ1) is 15.0. The summed E-state index contributed by atoms with van der Waals surface area (Å²) in [5.74, 6) is -3.64. The molecule has 1 fully saturated rings. The van der Waals surface area contributed by atoms with Crippen molar-refractivity contribution >= 4 is 35.5 Å². The van der Waals surface area contributed by atoms with Gasteiger partial charge in [-0.25, -0.2) is 9.59 Å². The fourth-order valence-corrected chi connectivity index (χ4v) is 3.10. The maximum absolute atomic E-state index is 12.3. The Morgan fingerprint density at radius 1 is 0.969 bits per heavy atom. The number of aliphatic hydroxyl groups is 2. The maximum Gasteiger partial charge on any atom is 0.338 e. The van der Waals surface area contributed by atoms with E-state index in [2.05, 4.69) is 0 Å². The van der Waals surface area contributed by atoms with Crippen molar-refractivity contribution in [2.75, 3.05) is 26.4 Å². The predicted molar refractivity (Wildman–Crippen MR) is 105 cm³/mol. The number of alkyl halides is 1. The van der Waals surface area contributed by atoms with Crippen molar-refractivity contribution in [3.63, 3.8) is 0 Å². The van der Waals surface area contributed by atoms with Gasteiger partial charge in [-0.15, -0.1) is 0 Å². The van der Waals surface area contributed by atoms with Crippen LogP contribution in [0.1, 0.15) is 34.1 Å². The van der Waals surface area contributed by atoms with Crippen LogP contribution in [0.3, 0.4) is 0 Å². The Kier molecular flexibility index (Phi) is 11.3. The molecule has 32 heavy (non-hydrogen) atoms. The van der Waals surface area contributed by atoms with Crippen molar-refractivity contribution in [3.05, 3.63) is 0 Å². The first-order valence-corrected chi connectivity index (χ1v) is 10.3. The summed E-state index contributed by atoms with van der Waals surface area (Å²) in [4.78, 5) is 45.3. The standard InChI is InChI=1S/C19H29ClO12/c1-5-27-17(25)19(20,18(26)28-6-2)7-8-29-16-15(31-11(4)23)14(30-10(3)22)13(24)12(9-21)32-16/h12-16,21,24H,5-9H2,1-4H3/t12-,13-,14+,15-,16?/m1/s1. The first kappa shape index (κ1) is 28.0. The Morgan fingerprint density at radius 3 is 1.91 bits per heavy atom. The third-order valence-corrected chi connectivity index (χ3v) is 4.83. The van der Waals surface area contributed by atoms with Crippen molar-refractivity contribution in [1.82, 2.24) is 0 Å².